The summed E-state index contributed by atoms with van der Waals surface area (Å²) in [6.45, 7) is -2.67. The van der Waals surface area contributed by atoms with Gasteiger partial charge in [-0.25, -0.2) is 0 Å². The summed E-state index contributed by atoms with van der Waals surface area (Å²) in [5.74, 6) is -0.333. The monoisotopic (exact) mass is 285 g/mol. The molecule has 0 aliphatic heterocycles. The number of nitrogens with one attached hydrogen (secondary N) is 1. The molecule has 6 heteroatoms. The van der Waals surface area contributed by atoms with E-state index in [9.17, 15) is 18.7 Å². The summed E-state index contributed by atoms with van der Waals surface area (Å²) in [6, 6.07) is 5.44. The van der Waals surface area contributed by atoms with Crippen molar-refractivity contribution in [1.29, 1.82) is 0 Å². The maximum Gasteiger partial charge on any atom is 0.387 e. The minimum absolute atomic E-state index is 0.00553. The van der Waals surface area contributed by atoms with Crippen LogP contribution in [0.3, 0.4) is 0 Å². The molecule has 0 unspecified atom stereocenters. The van der Waals surface area contributed by atoms with Gasteiger partial charge in [-0.05, 0) is 37.1 Å². The second-order valence-electron chi connectivity index (χ2n) is 5.02. The average Bonchev–Trinajstić information content (AvgIpc) is 2.84. The molecular weight excluding hydrogens is 268 g/mol. The summed E-state index contributed by atoms with van der Waals surface area (Å²) in [5.41, 5.74) is -0.470. The summed E-state index contributed by atoms with van der Waals surface area (Å²) >= 11 is 0. The van der Waals surface area contributed by atoms with Crippen LogP contribution < -0.4 is 10.1 Å². The largest absolute Gasteiger partial charge is 0.435 e. The fraction of sp³-hybridized carbons (Fsp3) is 0.500. The highest BCUT2D eigenvalue weighted by Crippen LogP contribution is 2.28. The Morgan fingerprint density at radius 1 is 1.30 bits per heavy atom. The second kappa shape index (κ2) is 6.17. The van der Waals surface area contributed by atoms with Crippen LogP contribution in [-0.4, -0.2) is 29.8 Å². The molecule has 0 heterocycles. The number of alkyl halides is 2. The Kier molecular flexibility index (Phi) is 4.54. The van der Waals surface area contributed by atoms with Gasteiger partial charge in [-0.3, -0.25) is 4.79 Å². The number of carbonyl (C=O) groups excluding carboxylic acids is 1. The standard InChI is InChI=1S/C14H17F2NO3/c15-13(16)20-11-5-3-10(4-6-11)12(18)17-9-14(19)7-1-2-8-14/h3-6,13,19H,1-2,7-9H2,(H,17,18). The summed E-state index contributed by atoms with van der Waals surface area (Å²) < 4.78 is 28.2. The maximum absolute atomic E-state index is 12.0. The van der Waals surface area contributed by atoms with Gasteiger partial charge in [0.05, 0.1) is 5.60 Å². The first-order valence-electron chi connectivity index (χ1n) is 6.54. The molecule has 1 aliphatic rings. The van der Waals surface area contributed by atoms with E-state index in [4.69, 9.17) is 0 Å². The number of hydrogen-bond donors (Lipinski definition) is 2. The molecule has 0 bridgehead atoms. The Morgan fingerprint density at radius 3 is 2.45 bits per heavy atom. The molecular formula is C14H17F2NO3. The molecule has 1 aliphatic carbocycles. The number of hydrogen-bond acceptors (Lipinski definition) is 3. The molecule has 1 aromatic carbocycles. The number of amides is 1. The highest BCUT2D eigenvalue weighted by atomic mass is 19.3. The van der Waals surface area contributed by atoms with Gasteiger partial charge in [0, 0.05) is 12.1 Å². The Bertz CT molecular complexity index is 456. The second-order valence-corrected chi connectivity index (χ2v) is 5.02. The lowest BCUT2D eigenvalue weighted by atomic mass is 10.0. The van der Waals surface area contributed by atoms with Crippen LogP contribution in [-0.2, 0) is 0 Å². The molecule has 0 radical (unpaired) electrons. The molecule has 1 fully saturated rings. The third kappa shape index (κ3) is 3.90. The van der Waals surface area contributed by atoms with E-state index in [1.54, 1.807) is 0 Å². The van der Waals surface area contributed by atoms with E-state index in [0.29, 0.717) is 18.4 Å². The average molecular weight is 285 g/mol. The number of halogens is 2. The van der Waals surface area contributed by atoms with Crippen LogP contribution in [0.1, 0.15) is 36.0 Å². The quantitative estimate of drug-likeness (QED) is 0.873. The molecule has 1 amide bonds. The van der Waals surface area contributed by atoms with Gasteiger partial charge in [0.15, 0.2) is 0 Å². The number of carbonyl (C=O) groups is 1. The van der Waals surface area contributed by atoms with Gasteiger partial charge >= 0.3 is 6.61 Å². The molecule has 1 saturated carbocycles. The summed E-state index contributed by atoms with van der Waals surface area (Å²) in [6.07, 6.45) is 3.31. The first-order chi connectivity index (χ1) is 9.48. The molecule has 2 N–H and O–H groups in total. The molecule has 1 aromatic rings. The van der Waals surface area contributed by atoms with Gasteiger partial charge in [0.1, 0.15) is 5.75 Å². The van der Waals surface area contributed by atoms with E-state index in [1.165, 1.54) is 24.3 Å². The molecule has 0 saturated heterocycles. The predicted molar refractivity (Wildman–Crippen MR) is 68.8 cm³/mol. The lowest BCUT2D eigenvalue weighted by Crippen LogP contribution is -2.40. The highest BCUT2D eigenvalue weighted by molar-refractivity contribution is 5.94. The first kappa shape index (κ1) is 14.7. The number of ether oxygens (including phenoxy) is 1. The normalized spacial score (nSPS) is 17.2. The van der Waals surface area contributed by atoms with E-state index < -0.39 is 12.2 Å². The molecule has 110 valence electrons. The van der Waals surface area contributed by atoms with Crippen molar-refractivity contribution >= 4 is 5.91 Å². The van der Waals surface area contributed by atoms with Crippen molar-refractivity contribution in [3.8, 4) is 5.75 Å². The van der Waals surface area contributed by atoms with Crippen molar-refractivity contribution < 1.29 is 23.4 Å². The first-order valence-corrected chi connectivity index (χ1v) is 6.54. The number of rotatable bonds is 5. The fourth-order valence-electron chi connectivity index (χ4n) is 2.34. The van der Waals surface area contributed by atoms with Crippen LogP contribution in [0.5, 0.6) is 5.75 Å². The van der Waals surface area contributed by atoms with Crippen LogP contribution in [0, 0.1) is 0 Å². The van der Waals surface area contributed by atoms with Gasteiger partial charge in [0.2, 0.25) is 0 Å². The number of benzene rings is 1. The number of aliphatic hydroxyl groups is 1. The molecule has 2 rings (SSSR count). The highest BCUT2D eigenvalue weighted by Gasteiger charge is 2.31. The maximum atomic E-state index is 12.0. The molecule has 0 spiro atoms. The van der Waals surface area contributed by atoms with Gasteiger partial charge in [-0.15, -0.1) is 0 Å². The third-order valence-corrected chi connectivity index (χ3v) is 3.45. The Balaban J connectivity index is 1.89. The van der Waals surface area contributed by atoms with E-state index in [1.807, 2.05) is 0 Å². The topological polar surface area (TPSA) is 58.6 Å². The minimum Gasteiger partial charge on any atom is -0.435 e. The van der Waals surface area contributed by atoms with Gasteiger partial charge in [-0.1, -0.05) is 12.8 Å². The van der Waals surface area contributed by atoms with Crippen LogP contribution >= 0.6 is 0 Å². The van der Waals surface area contributed by atoms with Crippen LogP contribution in [0.25, 0.3) is 0 Å². The smallest absolute Gasteiger partial charge is 0.387 e. The van der Waals surface area contributed by atoms with Crippen molar-refractivity contribution in [2.75, 3.05) is 6.54 Å². The SMILES string of the molecule is O=C(NCC1(O)CCCC1)c1ccc(OC(F)F)cc1. The van der Waals surface area contributed by atoms with Crippen molar-refractivity contribution in [1.82, 2.24) is 5.32 Å². The van der Waals surface area contributed by atoms with E-state index >= 15 is 0 Å². The molecule has 0 atom stereocenters. The molecule has 4 nitrogen and oxygen atoms in total. The zero-order valence-electron chi connectivity index (χ0n) is 10.9. The zero-order valence-corrected chi connectivity index (χ0v) is 10.9. The van der Waals surface area contributed by atoms with Gasteiger partial charge in [0.25, 0.3) is 5.91 Å². The van der Waals surface area contributed by atoms with Gasteiger partial charge in [-0.2, -0.15) is 8.78 Å². The van der Waals surface area contributed by atoms with Crippen molar-refractivity contribution in [3.05, 3.63) is 29.8 Å². The minimum atomic E-state index is -2.88. The van der Waals surface area contributed by atoms with Crippen molar-refractivity contribution in [2.45, 2.75) is 37.9 Å². The third-order valence-electron chi connectivity index (χ3n) is 3.45. The van der Waals surface area contributed by atoms with E-state index in [-0.39, 0.29) is 18.2 Å². The summed E-state index contributed by atoms with van der Waals surface area (Å²) in [5, 5.41) is 12.8. The Labute approximate surface area is 115 Å². The van der Waals surface area contributed by atoms with Crippen LogP contribution in [0.2, 0.25) is 0 Å². The molecule has 20 heavy (non-hydrogen) atoms. The summed E-state index contributed by atoms with van der Waals surface area (Å²) in [4.78, 5) is 11.9. The van der Waals surface area contributed by atoms with Crippen LogP contribution in [0.15, 0.2) is 24.3 Å². The van der Waals surface area contributed by atoms with Crippen LogP contribution in [0.4, 0.5) is 8.78 Å². The zero-order chi connectivity index (χ0) is 14.6. The fourth-order valence-corrected chi connectivity index (χ4v) is 2.34. The lowest BCUT2D eigenvalue weighted by molar-refractivity contribution is -0.0498. The van der Waals surface area contributed by atoms with Gasteiger partial charge < -0.3 is 15.2 Å². The van der Waals surface area contributed by atoms with E-state index in [2.05, 4.69) is 10.1 Å². The Hall–Kier alpha value is -1.69. The lowest BCUT2D eigenvalue weighted by Gasteiger charge is -2.22. The van der Waals surface area contributed by atoms with Crippen molar-refractivity contribution in [2.24, 2.45) is 0 Å². The predicted octanol–water partition coefficient (Wildman–Crippen LogP) is 2.32. The van der Waals surface area contributed by atoms with Crippen molar-refractivity contribution in [3.63, 3.8) is 0 Å². The Morgan fingerprint density at radius 2 is 1.90 bits per heavy atom. The molecule has 0 aromatic heterocycles. The van der Waals surface area contributed by atoms with E-state index in [0.717, 1.165) is 12.8 Å². The summed E-state index contributed by atoms with van der Waals surface area (Å²) in [7, 11) is 0.